The lowest BCUT2D eigenvalue weighted by molar-refractivity contribution is 0.224. The van der Waals surface area contributed by atoms with Gasteiger partial charge in [-0.2, -0.15) is 0 Å². The summed E-state index contributed by atoms with van der Waals surface area (Å²) in [5, 5.41) is 7.46. The smallest absolute Gasteiger partial charge is 0.140 e. The van der Waals surface area contributed by atoms with Crippen molar-refractivity contribution >= 4 is 32.3 Å². The molecule has 0 bridgehead atoms. The fourth-order valence-corrected chi connectivity index (χ4v) is 7.11. The fraction of sp³-hybridized carbons (Fsp3) is 0.378. The van der Waals surface area contributed by atoms with E-state index in [0.29, 0.717) is 11.3 Å². The molecule has 4 aromatic carbocycles. The zero-order valence-electron chi connectivity index (χ0n) is 24.2. The predicted octanol–water partition coefficient (Wildman–Crippen LogP) is 10.9. The number of aryl methyl sites for hydroxylation is 1. The van der Waals surface area contributed by atoms with E-state index >= 15 is 0 Å². The Morgan fingerprint density at radius 1 is 0.872 bits per heavy atom. The molecule has 1 aromatic heterocycles. The van der Waals surface area contributed by atoms with Gasteiger partial charge in [-0.15, -0.1) is 0 Å². The minimum atomic E-state index is 0.250. The van der Waals surface area contributed by atoms with Gasteiger partial charge in [0, 0.05) is 17.3 Å². The molecule has 0 amide bonds. The molecule has 198 valence electrons. The summed E-state index contributed by atoms with van der Waals surface area (Å²) >= 11 is 0. The average Bonchev–Trinajstić information content (AvgIpc) is 2.88. The van der Waals surface area contributed by atoms with E-state index in [1.54, 1.807) is 0 Å². The second kappa shape index (κ2) is 8.55. The van der Waals surface area contributed by atoms with Crippen LogP contribution in [-0.4, -0.2) is 4.98 Å². The highest BCUT2D eigenvalue weighted by Gasteiger charge is 2.29. The Hall–Kier alpha value is -3.39. The Morgan fingerprint density at radius 3 is 2.44 bits per heavy atom. The Bertz CT molecular complexity index is 1780. The van der Waals surface area contributed by atoms with Gasteiger partial charge in [0.05, 0.1) is 11.1 Å². The molecule has 39 heavy (non-hydrogen) atoms. The van der Waals surface area contributed by atoms with Crippen LogP contribution in [0.5, 0.6) is 11.5 Å². The Morgan fingerprint density at radius 2 is 1.67 bits per heavy atom. The number of nitrogens with zero attached hydrogens (tertiary/aromatic N) is 1. The van der Waals surface area contributed by atoms with Crippen LogP contribution >= 0.6 is 0 Å². The minimum Gasteiger partial charge on any atom is -0.456 e. The number of aromatic nitrogens is 1. The van der Waals surface area contributed by atoms with Gasteiger partial charge in [-0.25, -0.2) is 0 Å². The van der Waals surface area contributed by atoms with Gasteiger partial charge in [0.15, 0.2) is 0 Å². The first-order valence-corrected chi connectivity index (χ1v) is 14.7. The van der Waals surface area contributed by atoms with E-state index in [1.165, 1.54) is 69.3 Å². The molecule has 2 nitrogen and oxygen atoms in total. The summed E-state index contributed by atoms with van der Waals surface area (Å²) in [5.41, 5.74) is 6.93. The maximum Gasteiger partial charge on any atom is 0.140 e. The van der Waals surface area contributed by atoms with Crippen LogP contribution in [0, 0.1) is 17.8 Å². The molecule has 0 radical (unpaired) electrons. The van der Waals surface area contributed by atoms with Crippen molar-refractivity contribution in [1.29, 1.82) is 0 Å². The lowest BCUT2D eigenvalue weighted by Crippen LogP contribution is -2.20. The Balaban J connectivity index is 1.39. The number of pyridine rings is 1. The van der Waals surface area contributed by atoms with E-state index in [1.807, 2.05) is 6.20 Å². The molecule has 0 saturated heterocycles. The van der Waals surface area contributed by atoms with Crippen molar-refractivity contribution in [1.82, 2.24) is 4.98 Å². The monoisotopic (exact) mass is 513 g/mol. The first-order valence-electron chi connectivity index (χ1n) is 14.7. The molecule has 2 aliphatic rings. The number of hydrogen-bond donors (Lipinski definition) is 0. The molecule has 1 aliphatic carbocycles. The van der Waals surface area contributed by atoms with Crippen molar-refractivity contribution in [2.24, 2.45) is 10.8 Å². The first-order chi connectivity index (χ1) is 18.6. The van der Waals surface area contributed by atoms with Crippen molar-refractivity contribution in [3.05, 3.63) is 77.5 Å². The maximum atomic E-state index is 6.74. The predicted molar refractivity (Wildman–Crippen MR) is 165 cm³/mol. The fourth-order valence-electron chi connectivity index (χ4n) is 7.11. The van der Waals surface area contributed by atoms with Gasteiger partial charge in [0.1, 0.15) is 11.5 Å². The van der Waals surface area contributed by atoms with Crippen LogP contribution in [0.15, 0.2) is 60.8 Å². The van der Waals surface area contributed by atoms with Gasteiger partial charge < -0.3 is 4.74 Å². The summed E-state index contributed by atoms with van der Waals surface area (Å²) in [4.78, 5) is 4.96. The zero-order chi connectivity index (χ0) is 27.1. The number of rotatable bonds is 2. The van der Waals surface area contributed by atoms with Crippen molar-refractivity contribution < 1.29 is 4.74 Å². The van der Waals surface area contributed by atoms with E-state index in [2.05, 4.69) is 96.1 Å². The van der Waals surface area contributed by atoms with E-state index in [0.717, 1.165) is 34.6 Å². The third-order valence-corrected chi connectivity index (χ3v) is 9.27. The van der Waals surface area contributed by atoms with Crippen LogP contribution in [0.3, 0.4) is 0 Å². The van der Waals surface area contributed by atoms with Crippen LogP contribution in [0.2, 0.25) is 0 Å². The standard InChI is InChI=1S/C37H39NO/c1-22-28-10-7-23(21-36(2,3)4)17-27(28)19-31-34-33-29(13-16-38-34)30-18-25(24-11-14-37(5,6)15-12-24)8-9-26(30)20-32(33)39-35(22)31/h7-10,13,16-20,24H,11-12,14-15,21H2,1-6H3. The van der Waals surface area contributed by atoms with Gasteiger partial charge in [-0.1, -0.05) is 71.0 Å². The first kappa shape index (κ1) is 24.6. The van der Waals surface area contributed by atoms with Gasteiger partial charge >= 0.3 is 0 Å². The molecule has 1 aliphatic heterocycles. The molecule has 0 spiro atoms. The summed E-state index contributed by atoms with van der Waals surface area (Å²) < 4.78 is 6.74. The van der Waals surface area contributed by atoms with E-state index < -0.39 is 0 Å². The number of fused-ring (bicyclic) bond motifs is 5. The summed E-state index contributed by atoms with van der Waals surface area (Å²) in [6.45, 7) is 13.9. The second-order valence-electron chi connectivity index (χ2n) is 14.1. The third kappa shape index (κ3) is 4.20. The van der Waals surface area contributed by atoms with Crippen LogP contribution in [-0.2, 0) is 6.42 Å². The van der Waals surface area contributed by atoms with Crippen LogP contribution in [0.25, 0.3) is 43.6 Å². The number of hydrogen-bond acceptors (Lipinski definition) is 2. The number of benzene rings is 4. The van der Waals surface area contributed by atoms with Crippen molar-refractivity contribution in [2.75, 3.05) is 0 Å². The quantitative estimate of drug-likeness (QED) is 0.215. The molecule has 7 rings (SSSR count). The molecular weight excluding hydrogens is 474 g/mol. The summed E-state index contributed by atoms with van der Waals surface area (Å²) in [5.74, 6) is 2.52. The molecule has 0 unspecified atom stereocenters. The summed E-state index contributed by atoms with van der Waals surface area (Å²) in [7, 11) is 0. The second-order valence-corrected chi connectivity index (χ2v) is 14.1. The SMILES string of the molecule is Cc1c2c(cc3cc(CC(C)(C)C)ccc13)-c1nccc3c1c(cc1ccc(C4CCC(C)(C)CC4)cc13)O2. The average molecular weight is 514 g/mol. The van der Waals surface area contributed by atoms with E-state index in [4.69, 9.17) is 9.72 Å². The Labute approximate surface area is 232 Å². The summed E-state index contributed by atoms with van der Waals surface area (Å²) in [6.07, 6.45) is 8.21. The largest absolute Gasteiger partial charge is 0.456 e. The zero-order valence-corrected chi connectivity index (χ0v) is 24.2. The van der Waals surface area contributed by atoms with Crippen molar-refractivity contribution in [3.8, 4) is 22.8 Å². The molecule has 2 heteroatoms. The van der Waals surface area contributed by atoms with Gasteiger partial charge in [0.25, 0.3) is 0 Å². The number of ether oxygens (including phenoxy) is 1. The summed E-state index contributed by atoms with van der Waals surface area (Å²) in [6, 6.07) is 20.8. The van der Waals surface area contributed by atoms with Gasteiger partial charge in [-0.05, 0) is 112 Å². The van der Waals surface area contributed by atoms with E-state index in [-0.39, 0.29) is 5.41 Å². The Kier molecular flexibility index (Phi) is 5.40. The van der Waals surface area contributed by atoms with Crippen molar-refractivity contribution in [3.63, 3.8) is 0 Å². The third-order valence-electron chi connectivity index (χ3n) is 9.27. The molecular formula is C37H39NO. The van der Waals surface area contributed by atoms with Gasteiger partial charge in [0.2, 0.25) is 0 Å². The molecule has 1 fully saturated rings. The molecule has 1 saturated carbocycles. The highest BCUT2D eigenvalue weighted by atomic mass is 16.5. The maximum absolute atomic E-state index is 6.74. The molecule has 5 aromatic rings. The molecule has 0 atom stereocenters. The van der Waals surface area contributed by atoms with Crippen LogP contribution in [0.4, 0.5) is 0 Å². The normalized spacial score (nSPS) is 17.0. The van der Waals surface area contributed by atoms with Gasteiger partial charge in [-0.3, -0.25) is 4.98 Å². The minimum absolute atomic E-state index is 0.250. The lowest BCUT2D eigenvalue weighted by atomic mass is 9.71. The highest BCUT2D eigenvalue weighted by Crippen LogP contribution is 2.51. The van der Waals surface area contributed by atoms with Crippen molar-refractivity contribution in [2.45, 2.75) is 79.6 Å². The lowest BCUT2D eigenvalue weighted by Gasteiger charge is -2.34. The van der Waals surface area contributed by atoms with E-state index in [9.17, 15) is 0 Å². The highest BCUT2D eigenvalue weighted by molar-refractivity contribution is 6.16. The molecule has 0 N–H and O–H groups in total. The topological polar surface area (TPSA) is 22.1 Å². The molecule has 2 heterocycles. The van der Waals surface area contributed by atoms with Crippen LogP contribution in [0.1, 0.15) is 82.9 Å². The van der Waals surface area contributed by atoms with Crippen LogP contribution < -0.4 is 4.74 Å².